The van der Waals surface area contributed by atoms with E-state index in [-0.39, 0.29) is 24.2 Å². The van der Waals surface area contributed by atoms with Crippen molar-refractivity contribution in [3.63, 3.8) is 0 Å². The van der Waals surface area contributed by atoms with Crippen LogP contribution in [-0.2, 0) is 25.7 Å². The first-order valence-electron chi connectivity index (χ1n) is 12.9. The van der Waals surface area contributed by atoms with Gasteiger partial charge in [0.1, 0.15) is 17.4 Å². The summed E-state index contributed by atoms with van der Waals surface area (Å²) in [7, 11) is 0. The minimum absolute atomic E-state index is 0.00531. The second kappa shape index (κ2) is 12.6. The molecule has 4 aromatic rings. The minimum atomic E-state index is -5.23. The van der Waals surface area contributed by atoms with Crippen molar-refractivity contribution in [1.82, 2.24) is 0 Å². The minimum Gasteiger partial charge on any atom is -0.493 e. The summed E-state index contributed by atoms with van der Waals surface area (Å²) in [6.45, 7) is 2.59. The smallest absolute Gasteiger partial charge is 0.493 e. The number of rotatable bonds is 11. The number of alkyl halides is 3. The number of benzene rings is 4. The van der Waals surface area contributed by atoms with Crippen LogP contribution >= 0.6 is 0 Å². The first-order chi connectivity index (χ1) is 19.0. The van der Waals surface area contributed by atoms with Crippen LogP contribution in [0.3, 0.4) is 0 Å². The Bertz CT molecular complexity index is 1460. The highest BCUT2D eigenvalue weighted by Crippen LogP contribution is 2.30. The SMILES string of the molecule is CCCCOc1ccc(CCc2ccc3c(F)c(CCc4cc(F)c(OC(F)(F)F)c(F)c4)ccc3c2)c(F)c1. The average Bonchev–Trinajstić information content (AvgIpc) is 2.89. The molecule has 0 aliphatic carbocycles. The molecule has 0 fully saturated rings. The molecule has 0 aliphatic heterocycles. The number of halogens is 7. The zero-order valence-electron chi connectivity index (χ0n) is 21.7. The zero-order valence-corrected chi connectivity index (χ0v) is 21.7. The monoisotopic (exact) mass is 564 g/mol. The van der Waals surface area contributed by atoms with Crippen molar-refractivity contribution >= 4 is 10.8 Å². The Morgan fingerprint density at radius 3 is 2.02 bits per heavy atom. The number of ether oxygens (including phenoxy) is 2. The number of hydrogen-bond acceptors (Lipinski definition) is 2. The highest BCUT2D eigenvalue weighted by atomic mass is 19.4. The van der Waals surface area contributed by atoms with Gasteiger partial charge in [-0.2, -0.15) is 0 Å². The quantitative estimate of drug-likeness (QED) is 0.134. The maximum atomic E-state index is 15.2. The fourth-order valence-corrected chi connectivity index (χ4v) is 4.42. The van der Waals surface area contributed by atoms with Gasteiger partial charge in [-0.1, -0.05) is 49.7 Å². The van der Waals surface area contributed by atoms with Crippen LogP contribution in [0.2, 0.25) is 0 Å². The molecule has 0 unspecified atom stereocenters. The first-order valence-corrected chi connectivity index (χ1v) is 12.9. The first kappa shape index (κ1) is 29.2. The van der Waals surface area contributed by atoms with Crippen LogP contribution in [0.1, 0.15) is 42.0 Å². The van der Waals surface area contributed by atoms with Gasteiger partial charge in [0.05, 0.1) is 6.61 Å². The molecule has 9 heteroatoms. The molecule has 4 aromatic carbocycles. The van der Waals surface area contributed by atoms with E-state index >= 15 is 4.39 Å². The molecule has 0 amide bonds. The molecule has 4 rings (SSSR count). The maximum absolute atomic E-state index is 15.2. The van der Waals surface area contributed by atoms with Crippen molar-refractivity contribution in [3.8, 4) is 11.5 Å². The summed E-state index contributed by atoms with van der Waals surface area (Å²) in [6, 6.07) is 14.8. The van der Waals surface area contributed by atoms with Gasteiger partial charge in [-0.25, -0.2) is 17.6 Å². The normalized spacial score (nSPS) is 11.7. The summed E-state index contributed by atoms with van der Waals surface area (Å²) in [4.78, 5) is 0. The molecular weight excluding hydrogens is 537 g/mol. The number of aryl methyl sites for hydroxylation is 4. The van der Waals surface area contributed by atoms with E-state index in [0.717, 1.165) is 30.5 Å². The maximum Gasteiger partial charge on any atom is 0.573 e. The topological polar surface area (TPSA) is 18.5 Å². The standard InChI is InChI=1S/C31H27F7O2/c1-2-3-14-39-24-12-11-21(26(32)18-24)7-4-19-6-13-25-23(15-19)10-9-22(29(25)35)8-5-20-16-27(33)30(28(34)17-20)40-31(36,37)38/h6,9-13,15-18H,2-5,7-8,14H2,1H3. The molecule has 0 atom stereocenters. The fourth-order valence-electron chi connectivity index (χ4n) is 4.42. The number of hydrogen-bond donors (Lipinski definition) is 0. The number of fused-ring (bicyclic) bond motifs is 1. The molecule has 0 radical (unpaired) electrons. The Kier molecular flexibility index (Phi) is 9.22. The molecule has 0 bridgehead atoms. The summed E-state index contributed by atoms with van der Waals surface area (Å²) in [5.41, 5.74) is 1.80. The van der Waals surface area contributed by atoms with Gasteiger partial charge in [0.2, 0.25) is 5.75 Å². The van der Waals surface area contributed by atoms with E-state index in [4.69, 9.17) is 4.74 Å². The third kappa shape index (κ3) is 7.46. The van der Waals surface area contributed by atoms with Gasteiger partial charge in [-0.15, -0.1) is 13.2 Å². The van der Waals surface area contributed by atoms with Gasteiger partial charge in [-0.3, -0.25) is 0 Å². The van der Waals surface area contributed by atoms with Gasteiger partial charge < -0.3 is 9.47 Å². The van der Waals surface area contributed by atoms with E-state index in [2.05, 4.69) is 4.74 Å². The molecule has 0 aromatic heterocycles. The summed E-state index contributed by atoms with van der Waals surface area (Å²) < 4.78 is 104. The molecule has 40 heavy (non-hydrogen) atoms. The molecule has 0 N–H and O–H groups in total. The van der Waals surface area contributed by atoms with Gasteiger partial charge in [0.15, 0.2) is 11.6 Å². The predicted molar refractivity (Wildman–Crippen MR) is 139 cm³/mol. The lowest BCUT2D eigenvalue weighted by Gasteiger charge is -2.12. The lowest BCUT2D eigenvalue weighted by molar-refractivity contribution is -0.276. The highest BCUT2D eigenvalue weighted by molar-refractivity contribution is 5.84. The Labute approximate surface area is 227 Å². The van der Waals surface area contributed by atoms with Crippen LogP contribution in [0, 0.1) is 23.3 Å². The summed E-state index contributed by atoms with van der Waals surface area (Å²) in [5, 5.41) is 0.997. The van der Waals surface area contributed by atoms with Crippen molar-refractivity contribution in [2.75, 3.05) is 6.61 Å². The van der Waals surface area contributed by atoms with Crippen LogP contribution < -0.4 is 9.47 Å². The molecule has 0 heterocycles. The summed E-state index contributed by atoms with van der Waals surface area (Å²) in [5.74, 6) is -4.85. The third-order valence-corrected chi connectivity index (χ3v) is 6.53. The van der Waals surface area contributed by atoms with E-state index in [1.54, 1.807) is 36.4 Å². The molecule has 0 aliphatic rings. The van der Waals surface area contributed by atoms with Crippen LogP contribution in [0.4, 0.5) is 30.7 Å². The van der Waals surface area contributed by atoms with Crippen LogP contribution in [0.25, 0.3) is 10.8 Å². The molecular formula is C31H27F7O2. The van der Waals surface area contributed by atoms with Gasteiger partial charge in [-0.05, 0) is 77.9 Å². The fraction of sp³-hybridized carbons (Fsp3) is 0.290. The number of unbranched alkanes of at least 4 members (excludes halogenated alkanes) is 1. The Morgan fingerprint density at radius 1 is 0.675 bits per heavy atom. The molecule has 0 spiro atoms. The lowest BCUT2D eigenvalue weighted by Crippen LogP contribution is -2.19. The summed E-state index contributed by atoms with van der Waals surface area (Å²) in [6.07, 6.45) is -2.30. The second-order valence-corrected chi connectivity index (χ2v) is 9.49. The molecule has 0 saturated heterocycles. The Morgan fingerprint density at radius 2 is 1.35 bits per heavy atom. The van der Waals surface area contributed by atoms with E-state index < -0.39 is 29.6 Å². The Hall–Kier alpha value is -3.75. The molecule has 0 saturated carbocycles. The van der Waals surface area contributed by atoms with Gasteiger partial charge in [0, 0.05) is 11.5 Å². The molecule has 212 valence electrons. The largest absolute Gasteiger partial charge is 0.573 e. The van der Waals surface area contributed by atoms with Crippen molar-refractivity contribution in [2.45, 2.75) is 51.8 Å². The van der Waals surface area contributed by atoms with E-state index in [0.29, 0.717) is 47.1 Å². The van der Waals surface area contributed by atoms with Crippen molar-refractivity contribution in [2.24, 2.45) is 0 Å². The highest BCUT2D eigenvalue weighted by Gasteiger charge is 2.34. The van der Waals surface area contributed by atoms with Crippen molar-refractivity contribution in [3.05, 3.63) is 106 Å². The van der Waals surface area contributed by atoms with E-state index in [9.17, 15) is 26.3 Å². The third-order valence-electron chi connectivity index (χ3n) is 6.53. The van der Waals surface area contributed by atoms with Crippen LogP contribution in [-0.4, -0.2) is 13.0 Å². The van der Waals surface area contributed by atoms with Crippen molar-refractivity contribution in [1.29, 1.82) is 0 Å². The van der Waals surface area contributed by atoms with Crippen LogP contribution in [0.15, 0.2) is 60.7 Å². The summed E-state index contributed by atoms with van der Waals surface area (Å²) >= 11 is 0. The van der Waals surface area contributed by atoms with Gasteiger partial charge >= 0.3 is 6.36 Å². The zero-order chi connectivity index (χ0) is 28.9. The van der Waals surface area contributed by atoms with E-state index in [1.807, 2.05) is 13.0 Å². The Balaban J connectivity index is 1.41. The lowest BCUT2D eigenvalue weighted by atomic mass is 9.97. The second-order valence-electron chi connectivity index (χ2n) is 9.49. The van der Waals surface area contributed by atoms with Gasteiger partial charge in [0.25, 0.3) is 0 Å². The predicted octanol–water partition coefficient (Wildman–Crippen LogP) is 9.04. The van der Waals surface area contributed by atoms with Crippen molar-refractivity contribution < 1.29 is 40.2 Å². The average molecular weight is 565 g/mol. The molecule has 2 nitrogen and oxygen atoms in total. The van der Waals surface area contributed by atoms with Crippen LogP contribution in [0.5, 0.6) is 11.5 Å². The van der Waals surface area contributed by atoms with E-state index in [1.165, 1.54) is 6.07 Å².